The Labute approximate surface area is 107 Å². The number of piperidine rings is 1. The molecule has 2 rings (SSSR count). The minimum atomic E-state index is -0.190. The van der Waals surface area contributed by atoms with Crippen LogP contribution in [-0.2, 0) is 0 Å². The maximum atomic E-state index is 13.7. The number of benzene rings is 1. The third-order valence-electron chi connectivity index (χ3n) is 2.98. The van der Waals surface area contributed by atoms with E-state index in [0.29, 0.717) is 10.6 Å². The van der Waals surface area contributed by atoms with E-state index in [9.17, 15) is 4.39 Å². The van der Waals surface area contributed by atoms with Crippen molar-refractivity contribution >= 4 is 24.0 Å². The van der Waals surface area contributed by atoms with E-state index in [1.165, 1.54) is 12.5 Å². The Morgan fingerprint density at radius 1 is 1.38 bits per heavy atom. The van der Waals surface area contributed by atoms with E-state index in [1.54, 1.807) is 6.07 Å². The monoisotopic (exact) mass is 263 g/mol. The molecule has 1 saturated heterocycles. The van der Waals surface area contributed by atoms with E-state index in [0.717, 1.165) is 24.9 Å². The first-order chi connectivity index (χ1) is 7.20. The summed E-state index contributed by atoms with van der Waals surface area (Å²) in [6, 6.07) is 3.32. The van der Waals surface area contributed by atoms with Gasteiger partial charge in [-0.1, -0.05) is 24.1 Å². The normalized spacial score (nSPS) is 20.3. The summed E-state index contributed by atoms with van der Waals surface area (Å²) in [5.74, 6) is -0.190. The van der Waals surface area contributed by atoms with Crippen LogP contribution in [0.25, 0.3) is 0 Å². The van der Waals surface area contributed by atoms with Gasteiger partial charge in [0.25, 0.3) is 0 Å². The number of halogens is 3. The molecule has 0 aromatic heterocycles. The molecule has 1 N–H and O–H groups in total. The van der Waals surface area contributed by atoms with Crippen LogP contribution in [0.5, 0.6) is 0 Å². The first-order valence-corrected chi connectivity index (χ1v) is 5.76. The highest BCUT2D eigenvalue weighted by Crippen LogP contribution is 2.32. The average molecular weight is 264 g/mol. The molecule has 0 amide bonds. The van der Waals surface area contributed by atoms with Gasteiger partial charge >= 0.3 is 0 Å². The van der Waals surface area contributed by atoms with Gasteiger partial charge in [0.1, 0.15) is 5.82 Å². The average Bonchev–Trinajstić information content (AvgIpc) is 2.26. The Balaban J connectivity index is 0.00000128. The predicted molar refractivity (Wildman–Crippen MR) is 68.0 cm³/mol. The van der Waals surface area contributed by atoms with Crippen molar-refractivity contribution in [3.63, 3.8) is 0 Å². The van der Waals surface area contributed by atoms with Gasteiger partial charge in [-0.15, -0.1) is 12.4 Å². The zero-order valence-electron chi connectivity index (χ0n) is 9.22. The number of rotatable bonds is 1. The van der Waals surface area contributed by atoms with Gasteiger partial charge in [0, 0.05) is 11.6 Å². The molecule has 1 heterocycles. The molecule has 1 aromatic rings. The molecule has 1 aliphatic heterocycles. The lowest BCUT2D eigenvalue weighted by atomic mass is 9.96. The molecule has 0 radical (unpaired) electrons. The molecule has 1 aromatic carbocycles. The van der Waals surface area contributed by atoms with Crippen LogP contribution < -0.4 is 5.32 Å². The third-order valence-corrected chi connectivity index (χ3v) is 3.48. The first-order valence-electron chi connectivity index (χ1n) is 5.38. The molecule has 1 aliphatic rings. The largest absolute Gasteiger partial charge is 0.310 e. The lowest BCUT2D eigenvalue weighted by molar-refractivity contribution is 0.400. The summed E-state index contributed by atoms with van der Waals surface area (Å²) >= 11 is 6.15. The summed E-state index contributed by atoms with van der Waals surface area (Å²) in [4.78, 5) is 0. The van der Waals surface area contributed by atoms with Gasteiger partial charge < -0.3 is 5.32 Å². The van der Waals surface area contributed by atoms with Crippen LogP contribution in [0.1, 0.15) is 36.4 Å². The Bertz CT molecular complexity index is 362. The van der Waals surface area contributed by atoms with E-state index >= 15 is 0 Å². The van der Waals surface area contributed by atoms with Gasteiger partial charge in [0.15, 0.2) is 0 Å². The number of aryl methyl sites for hydroxylation is 1. The highest BCUT2D eigenvalue weighted by molar-refractivity contribution is 6.32. The Hall–Kier alpha value is -0.310. The molecule has 4 heteroatoms. The van der Waals surface area contributed by atoms with Gasteiger partial charge in [0.05, 0.1) is 5.02 Å². The second-order valence-electron chi connectivity index (χ2n) is 4.09. The maximum absolute atomic E-state index is 13.7. The van der Waals surface area contributed by atoms with Gasteiger partial charge in [-0.25, -0.2) is 4.39 Å². The summed E-state index contributed by atoms with van der Waals surface area (Å²) in [6.45, 7) is 2.86. The highest BCUT2D eigenvalue weighted by Gasteiger charge is 2.21. The lowest BCUT2D eigenvalue weighted by Gasteiger charge is -2.25. The van der Waals surface area contributed by atoms with Gasteiger partial charge in [-0.05, 0) is 37.9 Å². The van der Waals surface area contributed by atoms with Crippen LogP contribution >= 0.6 is 24.0 Å². The van der Waals surface area contributed by atoms with Crippen molar-refractivity contribution in [1.82, 2.24) is 5.32 Å². The van der Waals surface area contributed by atoms with Crippen molar-refractivity contribution in [3.8, 4) is 0 Å². The summed E-state index contributed by atoms with van der Waals surface area (Å²) in [5, 5.41) is 3.90. The number of hydrogen-bond donors (Lipinski definition) is 1. The van der Waals surface area contributed by atoms with E-state index in [4.69, 9.17) is 11.6 Å². The van der Waals surface area contributed by atoms with E-state index in [1.807, 2.05) is 6.92 Å². The minimum absolute atomic E-state index is 0. The van der Waals surface area contributed by atoms with Crippen molar-refractivity contribution in [2.75, 3.05) is 6.54 Å². The Morgan fingerprint density at radius 3 is 2.75 bits per heavy atom. The fourth-order valence-corrected chi connectivity index (χ4v) is 2.38. The topological polar surface area (TPSA) is 12.0 Å². The molecule has 0 spiro atoms. The number of nitrogens with one attached hydrogen (secondary N) is 1. The van der Waals surface area contributed by atoms with Crippen molar-refractivity contribution < 1.29 is 4.39 Å². The molecule has 16 heavy (non-hydrogen) atoms. The fraction of sp³-hybridized carbons (Fsp3) is 0.500. The fourth-order valence-electron chi connectivity index (χ4n) is 2.10. The standard InChI is InChI=1S/C12H15ClFN.ClH/c1-8-5-6-9(14)11(12(8)13)10-4-2-3-7-15-10;/h5-6,10,15H,2-4,7H2,1H3;1H/t10-;/m1./s1. The van der Waals surface area contributed by atoms with Crippen molar-refractivity contribution in [2.45, 2.75) is 32.2 Å². The van der Waals surface area contributed by atoms with Crippen molar-refractivity contribution in [3.05, 3.63) is 34.1 Å². The number of hydrogen-bond acceptors (Lipinski definition) is 1. The van der Waals surface area contributed by atoms with Crippen LogP contribution in [0, 0.1) is 12.7 Å². The SMILES string of the molecule is Cc1ccc(F)c([C@H]2CCCCN2)c1Cl.Cl. The van der Waals surface area contributed by atoms with Crippen LogP contribution in [0.4, 0.5) is 4.39 Å². The van der Waals surface area contributed by atoms with Crippen molar-refractivity contribution in [2.24, 2.45) is 0 Å². The zero-order valence-corrected chi connectivity index (χ0v) is 10.8. The van der Waals surface area contributed by atoms with E-state index in [-0.39, 0.29) is 24.3 Å². The molecule has 0 unspecified atom stereocenters. The minimum Gasteiger partial charge on any atom is -0.310 e. The van der Waals surface area contributed by atoms with Crippen LogP contribution in [0.3, 0.4) is 0 Å². The van der Waals surface area contributed by atoms with Gasteiger partial charge in [0.2, 0.25) is 0 Å². The second kappa shape index (κ2) is 5.85. The molecule has 1 atom stereocenters. The summed E-state index contributed by atoms with van der Waals surface area (Å²) < 4.78 is 13.7. The summed E-state index contributed by atoms with van der Waals surface area (Å²) in [7, 11) is 0. The summed E-state index contributed by atoms with van der Waals surface area (Å²) in [5.41, 5.74) is 1.59. The Morgan fingerprint density at radius 2 is 2.12 bits per heavy atom. The molecular formula is C12H16Cl2FN. The van der Waals surface area contributed by atoms with E-state index in [2.05, 4.69) is 5.32 Å². The maximum Gasteiger partial charge on any atom is 0.129 e. The van der Waals surface area contributed by atoms with Gasteiger partial charge in [-0.3, -0.25) is 0 Å². The van der Waals surface area contributed by atoms with Crippen molar-refractivity contribution in [1.29, 1.82) is 0 Å². The molecule has 0 saturated carbocycles. The smallest absolute Gasteiger partial charge is 0.129 e. The van der Waals surface area contributed by atoms with Crippen LogP contribution in [0.15, 0.2) is 12.1 Å². The predicted octanol–water partition coefficient (Wildman–Crippen LogP) is 4.02. The quantitative estimate of drug-likeness (QED) is 0.807. The molecule has 1 nitrogen and oxygen atoms in total. The molecule has 1 fully saturated rings. The molecule has 90 valence electrons. The highest BCUT2D eigenvalue weighted by atomic mass is 35.5. The molecule has 0 aliphatic carbocycles. The van der Waals surface area contributed by atoms with Crippen LogP contribution in [0.2, 0.25) is 5.02 Å². The molecule has 0 bridgehead atoms. The van der Waals surface area contributed by atoms with Gasteiger partial charge in [-0.2, -0.15) is 0 Å². The first kappa shape index (κ1) is 13.8. The summed E-state index contributed by atoms with van der Waals surface area (Å²) in [6.07, 6.45) is 3.28. The Kier molecular flexibility index (Phi) is 5.03. The molecular weight excluding hydrogens is 248 g/mol. The van der Waals surface area contributed by atoms with E-state index < -0.39 is 0 Å². The second-order valence-corrected chi connectivity index (χ2v) is 4.47. The third kappa shape index (κ3) is 2.68. The lowest BCUT2D eigenvalue weighted by Crippen LogP contribution is -2.27. The van der Waals surface area contributed by atoms with Crippen LogP contribution in [-0.4, -0.2) is 6.54 Å². The zero-order chi connectivity index (χ0) is 10.8.